The molecular formula is C19H28N2O3S2. The summed E-state index contributed by atoms with van der Waals surface area (Å²) in [6, 6.07) is 5.33. The molecule has 0 N–H and O–H groups in total. The van der Waals surface area contributed by atoms with E-state index in [9.17, 15) is 8.42 Å². The molecule has 5 nitrogen and oxygen atoms in total. The van der Waals surface area contributed by atoms with Crippen LogP contribution in [0.3, 0.4) is 0 Å². The third-order valence-corrected chi connectivity index (χ3v) is 7.68. The SMILES string of the molecule is C=CCN1[C@@H](CC(C)C)COc2cc(N3CCSCC3)ccc2S1(=O)=O. The van der Waals surface area contributed by atoms with Gasteiger partial charge in [0, 0.05) is 42.9 Å². The molecule has 1 atom stereocenters. The summed E-state index contributed by atoms with van der Waals surface area (Å²) in [5.41, 5.74) is 1.04. The topological polar surface area (TPSA) is 49.9 Å². The number of rotatable bonds is 5. The summed E-state index contributed by atoms with van der Waals surface area (Å²) < 4.78 is 34.1. The Labute approximate surface area is 161 Å². The molecule has 2 heterocycles. The zero-order valence-electron chi connectivity index (χ0n) is 15.6. The van der Waals surface area contributed by atoms with Crippen molar-refractivity contribution < 1.29 is 13.2 Å². The molecule has 7 heteroatoms. The number of nitrogens with zero attached hydrogens (tertiary/aromatic N) is 2. The van der Waals surface area contributed by atoms with Crippen molar-refractivity contribution in [1.82, 2.24) is 4.31 Å². The monoisotopic (exact) mass is 396 g/mol. The van der Waals surface area contributed by atoms with Crippen LogP contribution in [0.5, 0.6) is 5.75 Å². The summed E-state index contributed by atoms with van der Waals surface area (Å²) in [5, 5.41) is 0. The maximum absolute atomic E-state index is 13.3. The molecule has 26 heavy (non-hydrogen) atoms. The first kappa shape index (κ1) is 19.6. The van der Waals surface area contributed by atoms with Crippen LogP contribution >= 0.6 is 11.8 Å². The van der Waals surface area contributed by atoms with Crippen molar-refractivity contribution in [3.63, 3.8) is 0 Å². The standard InChI is InChI=1S/C19H28N2O3S2/c1-4-7-21-17(12-15(2)3)14-24-18-13-16(20-8-10-25-11-9-20)5-6-19(18)26(21,22)23/h4-6,13,15,17H,1,7-12,14H2,2-3H3/t17-/m0/s1. The van der Waals surface area contributed by atoms with Crippen LogP contribution in [0.2, 0.25) is 0 Å². The first-order valence-electron chi connectivity index (χ1n) is 9.15. The minimum atomic E-state index is -3.61. The quantitative estimate of drug-likeness (QED) is 0.715. The zero-order chi connectivity index (χ0) is 18.7. The van der Waals surface area contributed by atoms with E-state index >= 15 is 0 Å². The molecular weight excluding hydrogens is 368 g/mol. The van der Waals surface area contributed by atoms with Gasteiger partial charge < -0.3 is 9.64 Å². The van der Waals surface area contributed by atoms with Crippen LogP contribution in [0.1, 0.15) is 20.3 Å². The molecule has 1 aromatic carbocycles. The number of hydrogen-bond acceptors (Lipinski definition) is 5. The van der Waals surface area contributed by atoms with E-state index in [4.69, 9.17) is 4.74 Å². The Balaban J connectivity index is 1.97. The van der Waals surface area contributed by atoms with Gasteiger partial charge in [0.2, 0.25) is 10.0 Å². The molecule has 2 aliphatic rings. The van der Waals surface area contributed by atoms with E-state index in [0.29, 0.717) is 24.8 Å². The van der Waals surface area contributed by atoms with Gasteiger partial charge in [-0.1, -0.05) is 19.9 Å². The van der Waals surface area contributed by atoms with Crippen LogP contribution in [-0.4, -0.2) is 56.5 Å². The van der Waals surface area contributed by atoms with Crippen molar-refractivity contribution in [3.05, 3.63) is 30.9 Å². The minimum absolute atomic E-state index is 0.180. The predicted molar refractivity (Wildman–Crippen MR) is 109 cm³/mol. The molecule has 0 spiro atoms. The first-order valence-corrected chi connectivity index (χ1v) is 11.7. The van der Waals surface area contributed by atoms with Crippen LogP contribution in [0.15, 0.2) is 35.7 Å². The summed E-state index contributed by atoms with van der Waals surface area (Å²) in [6.45, 7) is 10.6. The molecule has 0 aliphatic carbocycles. The summed E-state index contributed by atoms with van der Waals surface area (Å²) in [7, 11) is -3.61. The maximum Gasteiger partial charge on any atom is 0.247 e. The summed E-state index contributed by atoms with van der Waals surface area (Å²) in [5.74, 6) is 3.05. The Morgan fingerprint density at radius 1 is 1.35 bits per heavy atom. The Morgan fingerprint density at radius 2 is 2.08 bits per heavy atom. The van der Waals surface area contributed by atoms with E-state index in [1.807, 2.05) is 23.9 Å². The molecule has 0 amide bonds. The average Bonchev–Trinajstić information content (AvgIpc) is 2.72. The molecule has 1 aromatic rings. The highest BCUT2D eigenvalue weighted by Crippen LogP contribution is 2.36. The fourth-order valence-electron chi connectivity index (χ4n) is 3.54. The van der Waals surface area contributed by atoms with Crippen molar-refractivity contribution in [2.24, 2.45) is 5.92 Å². The third-order valence-electron chi connectivity index (χ3n) is 4.78. The number of benzene rings is 1. The second kappa shape index (κ2) is 8.23. The number of hydrogen-bond donors (Lipinski definition) is 0. The highest BCUT2D eigenvalue weighted by Gasteiger charge is 2.37. The smallest absolute Gasteiger partial charge is 0.247 e. The normalized spacial score (nSPS) is 23.2. The van der Waals surface area contributed by atoms with Gasteiger partial charge in [0.1, 0.15) is 17.3 Å². The van der Waals surface area contributed by atoms with Gasteiger partial charge in [-0.2, -0.15) is 16.1 Å². The molecule has 0 bridgehead atoms. The van der Waals surface area contributed by atoms with Crippen molar-refractivity contribution >= 4 is 27.5 Å². The Kier molecular flexibility index (Phi) is 6.20. The van der Waals surface area contributed by atoms with Crippen LogP contribution in [0.4, 0.5) is 5.69 Å². The largest absolute Gasteiger partial charge is 0.490 e. The second-order valence-electron chi connectivity index (χ2n) is 7.19. The highest BCUT2D eigenvalue weighted by molar-refractivity contribution is 7.99. The maximum atomic E-state index is 13.3. The van der Waals surface area contributed by atoms with E-state index in [2.05, 4.69) is 25.3 Å². The number of fused-ring (bicyclic) bond motifs is 1. The van der Waals surface area contributed by atoms with Gasteiger partial charge in [0.15, 0.2) is 0 Å². The van der Waals surface area contributed by atoms with Crippen molar-refractivity contribution in [2.75, 3.05) is 42.6 Å². The number of ether oxygens (including phenoxy) is 1. The fraction of sp³-hybridized carbons (Fsp3) is 0.579. The Hall–Kier alpha value is -1.18. The summed E-state index contributed by atoms with van der Waals surface area (Å²) >= 11 is 1.95. The van der Waals surface area contributed by atoms with Crippen molar-refractivity contribution in [2.45, 2.75) is 31.2 Å². The lowest BCUT2D eigenvalue weighted by atomic mass is 10.0. The van der Waals surface area contributed by atoms with Crippen LogP contribution in [0, 0.1) is 5.92 Å². The van der Waals surface area contributed by atoms with Gasteiger partial charge in [-0.25, -0.2) is 8.42 Å². The van der Waals surface area contributed by atoms with Gasteiger partial charge in [-0.15, -0.1) is 6.58 Å². The van der Waals surface area contributed by atoms with E-state index in [-0.39, 0.29) is 10.9 Å². The highest BCUT2D eigenvalue weighted by atomic mass is 32.2. The zero-order valence-corrected chi connectivity index (χ0v) is 17.2. The van der Waals surface area contributed by atoms with Gasteiger partial charge in [-0.3, -0.25) is 0 Å². The minimum Gasteiger partial charge on any atom is -0.490 e. The lowest BCUT2D eigenvalue weighted by Gasteiger charge is -2.29. The van der Waals surface area contributed by atoms with Crippen molar-refractivity contribution in [3.8, 4) is 5.75 Å². The summed E-state index contributed by atoms with van der Waals surface area (Å²) in [6.07, 6.45) is 2.41. The summed E-state index contributed by atoms with van der Waals surface area (Å²) in [4.78, 5) is 2.56. The average molecular weight is 397 g/mol. The first-order chi connectivity index (χ1) is 12.4. The lowest BCUT2D eigenvalue weighted by molar-refractivity contribution is 0.198. The van der Waals surface area contributed by atoms with Gasteiger partial charge in [0.25, 0.3) is 0 Å². The number of sulfonamides is 1. The van der Waals surface area contributed by atoms with E-state index in [1.54, 1.807) is 16.4 Å². The second-order valence-corrected chi connectivity index (χ2v) is 10.3. The lowest BCUT2D eigenvalue weighted by Crippen LogP contribution is -2.42. The molecule has 0 unspecified atom stereocenters. The molecule has 144 valence electrons. The van der Waals surface area contributed by atoms with E-state index < -0.39 is 10.0 Å². The molecule has 0 aromatic heterocycles. The van der Waals surface area contributed by atoms with Crippen LogP contribution < -0.4 is 9.64 Å². The Morgan fingerprint density at radius 3 is 2.73 bits per heavy atom. The predicted octanol–water partition coefficient (Wildman–Crippen LogP) is 3.22. The Bertz CT molecular complexity index is 743. The van der Waals surface area contributed by atoms with Crippen molar-refractivity contribution in [1.29, 1.82) is 0 Å². The molecule has 1 saturated heterocycles. The molecule has 3 rings (SSSR count). The van der Waals surface area contributed by atoms with Gasteiger partial charge in [-0.05, 0) is 24.5 Å². The van der Waals surface area contributed by atoms with Gasteiger partial charge in [0.05, 0.1) is 6.04 Å². The molecule has 1 fully saturated rings. The van der Waals surface area contributed by atoms with Crippen LogP contribution in [0.25, 0.3) is 0 Å². The van der Waals surface area contributed by atoms with E-state index in [0.717, 1.165) is 36.7 Å². The number of thioether (sulfide) groups is 1. The third kappa shape index (κ3) is 4.05. The molecule has 2 aliphatic heterocycles. The molecule has 0 radical (unpaired) electrons. The molecule has 0 saturated carbocycles. The fourth-order valence-corrected chi connectivity index (χ4v) is 6.15. The van der Waals surface area contributed by atoms with E-state index in [1.165, 1.54) is 0 Å². The number of anilines is 1. The van der Waals surface area contributed by atoms with Crippen LogP contribution in [-0.2, 0) is 10.0 Å². The van der Waals surface area contributed by atoms with Gasteiger partial charge >= 0.3 is 0 Å².